The number of nitrogens with one attached hydrogen (secondary N) is 1. The second-order valence-corrected chi connectivity index (χ2v) is 7.66. The van der Waals surface area contributed by atoms with Crippen LogP contribution in [0.2, 0.25) is 0 Å². The number of hydrogen-bond acceptors (Lipinski definition) is 5. The summed E-state index contributed by atoms with van der Waals surface area (Å²) < 4.78 is 35.1. The third-order valence-electron chi connectivity index (χ3n) is 3.05. The van der Waals surface area contributed by atoms with E-state index in [0.29, 0.717) is 24.5 Å². The van der Waals surface area contributed by atoms with Crippen molar-refractivity contribution in [2.24, 2.45) is 0 Å². The van der Waals surface area contributed by atoms with Gasteiger partial charge in [0.2, 0.25) is 15.9 Å². The van der Waals surface area contributed by atoms with E-state index in [0.717, 1.165) is 10.6 Å². The molecular weight excluding hydrogens is 332 g/mol. The Morgan fingerprint density at radius 3 is 2.38 bits per heavy atom. The molecule has 24 heavy (non-hydrogen) atoms. The van der Waals surface area contributed by atoms with Gasteiger partial charge >= 0.3 is 0 Å². The molecule has 7 nitrogen and oxygen atoms in total. The molecule has 136 valence electrons. The highest BCUT2D eigenvalue weighted by Gasteiger charge is 2.19. The van der Waals surface area contributed by atoms with Crippen molar-refractivity contribution in [1.82, 2.24) is 4.31 Å². The number of carbonyl (C=O) groups excluding carboxylic acids is 1. The van der Waals surface area contributed by atoms with Crippen molar-refractivity contribution in [3.05, 3.63) is 24.3 Å². The zero-order valence-electron chi connectivity index (χ0n) is 14.6. The number of benzene rings is 1. The molecule has 8 heteroatoms. The molecule has 1 aromatic carbocycles. The maximum Gasteiger partial charge on any atom is 0.239 e. The van der Waals surface area contributed by atoms with Crippen LogP contribution >= 0.6 is 0 Å². The number of nitrogens with zero attached hydrogens (tertiary/aromatic N) is 1. The lowest BCUT2D eigenvalue weighted by molar-refractivity contribution is -0.116. The van der Waals surface area contributed by atoms with Crippen LogP contribution in [-0.4, -0.2) is 57.8 Å². The Hall–Kier alpha value is -1.64. The monoisotopic (exact) mass is 358 g/mol. The number of amides is 1. The van der Waals surface area contributed by atoms with Crippen molar-refractivity contribution in [1.29, 1.82) is 0 Å². The normalized spacial score (nSPS) is 11.8. The first-order valence-electron chi connectivity index (χ1n) is 7.73. The van der Waals surface area contributed by atoms with E-state index in [2.05, 4.69) is 5.32 Å². The van der Waals surface area contributed by atoms with Crippen LogP contribution in [-0.2, 0) is 19.6 Å². The Bertz CT molecular complexity index is 614. The van der Waals surface area contributed by atoms with E-state index >= 15 is 0 Å². The smallest absolute Gasteiger partial charge is 0.239 e. The van der Waals surface area contributed by atoms with Crippen LogP contribution in [0.1, 0.15) is 20.3 Å². The lowest BCUT2D eigenvalue weighted by Crippen LogP contribution is -2.38. The molecule has 0 spiro atoms. The first kappa shape index (κ1) is 20.4. The van der Waals surface area contributed by atoms with Gasteiger partial charge in [-0.2, -0.15) is 4.31 Å². The predicted octanol–water partition coefficient (Wildman–Crippen LogP) is 1.71. The number of sulfonamides is 1. The molecule has 0 aromatic heterocycles. The number of anilines is 1. The van der Waals surface area contributed by atoms with E-state index in [9.17, 15) is 13.2 Å². The van der Waals surface area contributed by atoms with Gasteiger partial charge in [0.05, 0.1) is 18.9 Å². The van der Waals surface area contributed by atoms with Crippen molar-refractivity contribution in [3.8, 4) is 5.75 Å². The minimum absolute atomic E-state index is 0.0702. The van der Waals surface area contributed by atoms with Gasteiger partial charge in [-0.15, -0.1) is 0 Å². The quantitative estimate of drug-likeness (QED) is 0.644. The molecule has 0 aliphatic heterocycles. The van der Waals surface area contributed by atoms with Gasteiger partial charge in [0.25, 0.3) is 0 Å². The van der Waals surface area contributed by atoms with E-state index in [1.807, 2.05) is 13.8 Å². The Labute approximate surface area is 144 Å². The molecule has 1 amide bonds. The summed E-state index contributed by atoms with van der Waals surface area (Å²) in [6.07, 6.45) is 1.68. The SMILES string of the molecule is COCCCN(CC(=O)Nc1ccc(OC(C)C)cc1)S(C)(=O)=O. The third-order valence-corrected chi connectivity index (χ3v) is 4.30. The highest BCUT2D eigenvalue weighted by atomic mass is 32.2. The van der Waals surface area contributed by atoms with Crippen molar-refractivity contribution in [2.75, 3.05) is 38.4 Å². The van der Waals surface area contributed by atoms with Gasteiger partial charge < -0.3 is 14.8 Å². The third kappa shape index (κ3) is 7.76. The average molecular weight is 358 g/mol. The molecule has 0 saturated carbocycles. The van der Waals surface area contributed by atoms with E-state index in [1.54, 1.807) is 31.4 Å². The maximum absolute atomic E-state index is 12.1. The summed E-state index contributed by atoms with van der Waals surface area (Å²) in [7, 11) is -1.91. The zero-order chi connectivity index (χ0) is 18.2. The molecule has 0 bridgehead atoms. The first-order chi connectivity index (χ1) is 11.2. The van der Waals surface area contributed by atoms with E-state index in [4.69, 9.17) is 9.47 Å². The van der Waals surface area contributed by atoms with Gasteiger partial charge in [0, 0.05) is 25.9 Å². The van der Waals surface area contributed by atoms with E-state index in [-0.39, 0.29) is 19.2 Å². The summed E-state index contributed by atoms with van der Waals surface area (Å²) in [5.74, 6) is 0.315. The van der Waals surface area contributed by atoms with Crippen molar-refractivity contribution >= 4 is 21.6 Å². The number of ether oxygens (including phenoxy) is 2. The van der Waals surface area contributed by atoms with Gasteiger partial charge in [-0.25, -0.2) is 8.42 Å². The van der Waals surface area contributed by atoms with Gasteiger partial charge in [-0.05, 0) is 44.5 Å². The van der Waals surface area contributed by atoms with Crippen LogP contribution in [0.5, 0.6) is 5.75 Å². The summed E-state index contributed by atoms with van der Waals surface area (Å²) >= 11 is 0. The second kappa shape index (κ2) is 9.61. The molecule has 0 heterocycles. The summed E-state index contributed by atoms with van der Waals surface area (Å²) in [6.45, 7) is 4.30. The minimum atomic E-state index is -3.46. The predicted molar refractivity (Wildman–Crippen MR) is 93.7 cm³/mol. The fraction of sp³-hybridized carbons (Fsp3) is 0.562. The number of hydrogen-bond donors (Lipinski definition) is 1. The first-order valence-corrected chi connectivity index (χ1v) is 9.58. The Balaban J connectivity index is 2.61. The molecule has 0 aliphatic rings. The molecular formula is C16H26N2O5S. The minimum Gasteiger partial charge on any atom is -0.491 e. The van der Waals surface area contributed by atoms with Crippen LogP contribution in [0.15, 0.2) is 24.3 Å². The number of methoxy groups -OCH3 is 1. The van der Waals surface area contributed by atoms with Crippen molar-refractivity contribution in [2.45, 2.75) is 26.4 Å². The van der Waals surface area contributed by atoms with Crippen LogP contribution in [0.4, 0.5) is 5.69 Å². The Kier molecular flexibility index (Phi) is 8.17. The van der Waals surface area contributed by atoms with Gasteiger partial charge in [0.1, 0.15) is 5.75 Å². The van der Waals surface area contributed by atoms with Gasteiger partial charge in [0.15, 0.2) is 0 Å². The lowest BCUT2D eigenvalue weighted by atomic mass is 10.3. The lowest BCUT2D eigenvalue weighted by Gasteiger charge is -2.19. The molecule has 1 aromatic rings. The Morgan fingerprint density at radius 2 is 1.88 bits per heavy atom. The molecule has 0 fully saturated rings. The molecule has 0 atom stereocenters. The average Bonchev–Trinajstić information content (AvgIpc) is 2.47. The second-order valence-electron chi connectivity index (χ2n) is 5.68. The van der Waals surface area contributed by atoms with E-state index < -0.39 is 15.9 Å². The molecule has 1 N–H and O–H groups in total. The van der Waals surface area contributed by atoms with Crippen molar-refractivity contribution < 1.29 is 22.7 Å². The molecule has 0 radical (unpaired) electrons. The number of rotatable bonds is 10. The summed E-state index contributed by atoms with van der Waals surface area (Å²) in [6, 6.07) is 6.93. The fourth-order valence-corrected chi connectivity index (χ4v) is 2.81. The summed E-state index contributed by atoms with van der Waals surface area (Å²) in [5, 5.41) is 2.68. The van der Waals surface area contributed by atoms with Crippen LogP contribution in [0.25, 0.3) is 0 Å². The van der Waals surface area contributed by atoms with E-state index in [1.165, 1.54) is 0 Å². The summed E-state index contributed by atoms with van der Waals surface area (Å²) in [5.41, 5.74) is 0.585. The standard InChI is InChI=1S/C16H26N2O5S/c1-13(2)23-15-8-6-14(7-9-15)17-16(19)12-18(24(4,20)21)10-5-11-22-3/h6-9,13H,5,10-12H2,1-4H3,(H,17,19). The Morgan fingerprint density at radius 1 is 1.25 bits per heavy atom. The molecule has 0 aliphatic carbocycles. The van der Waals surface area contributed by atoms with Crippen molar-refractivity contribution in [3.63, 3.8) is 0 Å². The van der Waals surface area contributed by atoms with Crippen LogP contribution in [0, 0.1) is 0 Å². The summed E-state index contributed by atoms with van der Waals surface area (Å²) in [4.78, 5) is 12.1. The fourth-order valence-electron chi connectivity index (χ4n) is 2.00. The zero-order valence-corrected chi connectivity index (χ0v) is 15.4. The highest BCUT2D eigenvalue weighted by Crippen LogP contribution is 2.17. The topological polar surface area (TPSA) is 84.9 Å². The van der Waals surface area contributed by atoms with Gasteiger partial charge in [-0.3, -0.25) is 4.79 Å². The number of carbonyl (C=O) groups is 1. The molecule has 1 rings (SSSR count). The molecule has 0 saturated heterocycles. The maximum atomic E-state index is 12.1. The highest BCUT2D eigenvalue weighted by molar-refractivity contribution is 7.88. The van der Waals surface area contributed by atoms with Crippen LogP contribution in [0.3, 0.4) is 0 Å². The molecule has 0 unspecified atom stereocenters. The van der Waals surface area contributed by atoms with Crippen LogP contribution < -0.4 is 10.1 Å². The van der Waals surface area contributed by atoms with Gasteiger partial charge in [-0.1, -0.05) is 0 Å². The largest absolute Gasteiger partial charge is 0.491 e.